The lowest BCUT2D eigenvalue weighted by Gasteiger charge is -2.24. The van der Waals surface area contributed by atoms with Crippen LogP contribution in [0, 0.1) is 6.92 Å². The van der Waals surface area contributed by atoms with Crippen molar-refractivity contribution in [2.75, 3.05) is 0 Å². The molecule has 1 saturated carbocycles. The van der Waals surface area contributed by atoms with Crippen LogP contribution >= 0.6 is 0 Å². The minimum atomic E-state index is -0.368. The monoisotopic (exact) mass is 259 g/mol. The number of pyridine rings is 1. The van der Waals surface area contributed by atoms with Gasteiger partial charge in [-0.1, -0.05) is 18.0 Å². The third-order valence-corrected chi connectivity index (χ3v) is 3.63. The minimum absolute atomic E-state index is 0.0280. The summed E-state index contributed by atoms with van der Waals surface area (Å²) in [5.74, 6) is 1.00. The summed E-state index contributed by atoms with van der Waals surface area (Å²) >= 11 is 0. The topological polar surface area (TPSA) is 72.0 Å². The lowest BCUT2D eigenvalue weighted by atomic mass is 9.86. The molecule has 2 aromatic heterocycles. The molecular formula is C14H17N3O2. The number of aromatic nitrogens is 3. The van der Waals surface area contributed by atoms with Crippen molar-refractivity contribution in [1.82, 2.24) is 15.1 Å². The summed E-state index contributed by atoms with van der Waals surface area (Å²) in [7, 11) is 0. The second kappa shape index (κ2) is 5.09. The zero-order valence-electron chi connectivity index (χ0n) is 10.9. The summed E-state index contributed by atoms with van der Waals surface area (Å²) in [6.07, 6.45) is 5.25. The van der Waals surface area contributed by atoms with Crippen LogP contribution < -0.4 is 0 Å². The summed E-state index contributed by atoms with van der Waals surface area (Å²) in [4.78, 5) is 8.64. The molecule has 5 heteroatoms. The van der Waals surface area contributed by atoms with Gasteiger partial charge in [0.05, 0.1) is 12.0 Å². The van der Waals surface area contributed by atoms with E-state index in [9.17, 15) is 5.11 Å². The fraction of sp³-hybridized carbons (Fsp3) is 0.500. The fourth-order valence-electron chi connectivity index (χ4n) is 2.55. The van der Waals surface area contributed by atoms with Gasteiger partial charge < -0.3 is 9.63 Å². The van der Waals surface area contributed by atoms with Gasteiger partial charge in [-0.3, -0.25) is 4.98 Å². The molecule has 0 radical (unpaired) electrons. The van der Waals surface area contributed by atoms with E-state index in [2.05, 4.69) is 15.1 Å². The Labute approximate surface area is 111 Å². The van der Waals surface area contributed by atoms with Gasteiger partial charge in [0.15, 0.2) is 0 Å². The maximum atomic E-state index is 10.0. The molecule has 1 N–H and O–H groups in total. The molecule has 0 saturated heterocycles. The molecule has 2 unspecified atom stereocenters. The van der Waals surface area contributed by atoms with E-state index >= 15 is 0 Å². The quantitative estimate of drug-likeness (QED) is 0.896. The molecule has 0 aromatic carbocycles. The van der Waals surface area contributed by atoms with E-state index in [-0.39, 0.29) is 12.0 Å². The zero-order chi connectivity index (χ0) is 13.2. The Morgan fingerprint density at radius 3 is 2.95 bits per heavy atom. The molecule has 2 aromatic rings. The van der Waals surface area contributed by atoms with Gasteiger partial charge in [-0.25, -0.2) is 0 Å². The molecule has 0 aliphatic heterocycles. The molecule has 5 nitrogen and oxygen atoms in total. The van der Waals surface area contributed by atoms with Crippen molar-refractivity contribution in [2.45, 2.75) is 44.6 Å². The van der Waals surface area contributed by atoms with Crippen molar-refractivity contribution in [3.63, 3.8) is 0 Å². The highest BCUT2D eigenvalue weighted by molar-refractivity contribution is 5.49. The molecule has 0 spiro atoms. The molecule has 2 heterocycles. The summed E-state index contributed by atoms with van der Waals surface area (Å²) in [5, 5.41) is 14.0. The van der Waals surface area contributed by atoms with Gasteiger partial charge in [0.1, 0.15) is 5.69 Å². The highest BCUT2D eigenvalue weighted by Crippen LogP contribution is 2.32. The lowest BCUT2D eigenvalue weighted by Crippen LogP contribution is -2.22. The number of hydrogen-bond acceptors (Lipinski definition) is 5. The van der Waals surface area contributed by atoms with Crippen LogP contribution in [0.2, 0.25) is 0 Å². The Morgan fingerprint density at radius 1 is 1.32 bits per heavy atom. The van der Waals surface area contributed by atoms with Crippen LogP contribution in [0.3, 0.4) is 0 Å². The molecule has 1 fully saturated rings. The van der Waals surface area contributed by atoms with Crippen LogP contribution in [-0.4, -0.2) is 26.3 Å². The van der Waals surface area contributed by atoms with Gasteiger partial charge in [-0.15, -0.1) is 0 Å². The number of hydrogen-bond donors (Lipinski definition) is 1. The van der Waals surface area contributed by atoms with Gasteiger partial charge in [0, 0.05) is 6.20 Å². The van der Waals surface area contributed by atoms with E-state index in [1.807, 2.05) is 19.1 Å². The Hall–Kier alpha value is -1.75. The van der Waals surface area contributed by atoms with E-state index in [1.54, 1.807) is 6.20 Å². The second-order valence-corrected chi connectivity index (χ2v) is 5.13. The molecule has 1 aliphatic carbocycles. The van der Waals surface area contributed by atoms with Crippen LogP contribution in [0.4, 0.5) is 0 Å². The van der Waals surface area contributed by atoms with Gasteiger partial charge in [-0.2, -0.15) is 4.98 Å². The van der Waals surface area contributed by atoms with Crippen molar-refractivity contribution < 1.29 is 9.63 Å². The van der Waals surface area contributed by atoms with Crippen LogP contribution in [-0.2, 0) is 0 Å². The van der Waals surface area contributed by atoms with Gasteiger partial charge in [-0.05, 0) is 37.5 Å². The Kier molecular flexibility index (Phi) is 3.29. The van der Waals surface area contributed by atoms with E-state index in [0.29, 0.717) is 17.4 Å². The number of nitrogens with zero attached hydrogens (tertiary/aromatic N) is 3. The average molecular weight is 259 g/mol. The normalized spacial score (nSPS) is 23.5. The maximum absolute atomic E-state index is 10.0. The predicted octanol–water partition coefficient (Wildman–Crippen LogP) is 2.46. The molecule has 2 atom stereocenters. The number of aliphatic hydroxyl groups is 1. The maximum Gasteiger partial charge on any atom is 0.232 e. The Morgan fingerprint density at radius 2 is 2.16 bits per heavy atom. The first-order chi connectivity index (χ1) is 9.24. The molecule has 3 rings (SSSR count). The largest absolute Gasteiger partial charge is 0.392 e. The third kappa shape index (κ3) is 2.51. The minimum Gasteiger partial charge on any atom is -0.392 e. The summed E-state index contributed by atoms with van der Waals surface area (Å²) in [6.45, 7) is 2.00. The Bertz CT molecular complexity index is 567. The summed E-state index contributed by atoms with van der Waals surface area (Å²) in [5.41, 5.74) is 1.81. The smallest absolute Gasteiger partial charge is 0.232 e. The van der Waals surface area contributed by atoms with E-state index in [1.165, 1.54) is 0 Å². The van der Waals surface area contributed by atoms with Crippen molar-refractivity contribution in [3.05, 3.63) is 29.8 Å². The van der Waals surface area contributed by atoms with Crippen LogP contribution in [0.1, 0.15) is 43.1 Å². The highest BCUT2D eigenvalue weighted by atomic mass is 16.5. The number of rotatable bonds is 2. The molecule has 0 amide bonds. The SMILES string of the molecule is Cc1ccnc(-c2noc(C3CCCCC3O)n2)c1. The standard InChI is InChI=1S/C14H17N3O2/c1-9-6-7-15-11(8-9)13-16-14(19-17-13)10-4-2-3-5-12(10)18/h6-8,10,12,18H,2-5H2,1H3. The average Bonchev–Trinajstić information content (AvgIpc) is 2.89. The van der Waals surface area contributed by atoms with Crippen LogP contribution in [0.5, 0.6) is 0 Å². The van der Waals surface area contributed by atoms with Gasteiger partial charge in [0.25, 0.3) is 0 Å². The first-order valence-corrected chi connectivity index (χ1v) is 6.69. The molecule has 1 aliphatic rings. The van der Waals surface area contributed by atoms with Crippen molar-refractivity contribution in [2.24, 2.45) is 0 Å². The van der Waals surface area contributed by atoms with E-state index in [4.69, 9.17) is 4.52 Å². The second-order valence-electron chi connectivity index (χ2n) is 5.13. The molecule has 100 valence electrons. The van der Waals surface area contributed by atoms with Gasteiger partial charge >= 0.3 is 0 Å². The predicted molar refractivity (Wildman–Crippen MR) is 69.5 cm³/mol. The third-order valence-electron chi connectivity index (χ3n) is 3.63. The van der Waals surface area contributed by atoms with Crippen molar-refractivity contribution in [3.8, 4) is 11.5 Å². The number of aryl methyl sites for hydroxylation is 1. The summed E-state index contributed by atoms with van der Waals surface area (Å²) < 4.78 is 5.31. The van der Waals surface area contributed by atoms with Crippen molar-refractivity contribution >= 4 is 0 Å². The van der Waals surface area contributed by atoms with Crippen LogP contribution in [0.15, 0.2) is 22.9 Å². The van der Waals surface area contributed by atoms with Crippen molar-refractivity contribution in [1.29, 1.82) is 0 Å². The lowest BCUT2D eigenvalue weighted by molar-refractivity contribution is 0.0908. The molecular weight excluding hydrogens is 242 g/mol. The Balaban J connectivity index is 1.86. The van der Waals surface area contributed by atoms with Gasteiger partial charge in [0.2, 0.25) is 11.7 Å². The number of aliphatic hydroxyl groups excluding tert-OH is 1. The van der Waals surface area contributed by atoms with Crippen LogP contribution in [0.25, 0.3) is 11.5 Å². The molecule has 0 bridgehead atoms. The molecule has 19 heavy (non-hydrogen) atoms. The van der Waals surface area contributed by atoms with E-state index < -0.39 is 0 Å². The fourth-order valence-corrected chi connectivity index (χ4v) is 2.55. The first kappa shape index (κ1) is 12.3. The highest BCUT2D eigenvalue weighted by Gasteiger charge is 2.29. The first-order valence-electron chi connectivity index (χ1n) is 6.69. The zero-order valence-corrected chi connectivity index (χ0v) is 10.9. The summed E-state index contributed by atoms with van der Waals surface area (Å²) in [6, 6.07) is 3.85. The van der Waals surface area contributed by atoms with E-state index in [0.717, 1.165) is 31.2 Å².